The van der Waals surface area contributed by atoms with Crippen LogP contribution in [0.1, 0.15) is 31.9 Å². The summed E-state index contributed by atoms with van der Waals surface area (Å²) in [5.74, 6) is -1.17. The Morgan fingerprint density at radius 3 is 2.06 bits per heavy atom. The van der Waals surface area contributed by atoms with Crippen molar-refractivity contribution in [1.29, 1.82) is 0 Å². The van der Waals surface area contributed by atoms with Gasteiger partial charge in [0, 0.05) is 6.07 Å². The molecule has 0 aliphatic carbocycles. The highest BCUT2D eigenvalue weighted by Crippen LogP contribution is 2.35. The molecule has 0 saturated carbocycles. The molecule has 5 heteroatoms. The molecule has 98 valence electrons. The van der Waals surface area contributed by atoms with E-state index in [2.05, 4.69) is 0 Å². The van der Waals surface area contributed by atoms with Crippen LogP contribution in [-0.4, -0.2) is 7.11 Å². The predicted molar refractivity (Wildman–Crippen MR) is 58.7 cm³/mol. The summed E-state index contributed by atoms with van der Waals surface area (Å²) in [6.45, 7) is 5.68. The Morgan fingerprint density at radius 1 is 1.18 bits per heavy atom. The van der Waals surface area contributed by atoms with Crippen molar-refractivity contribution in [1.82, 2.24) is 0 Å². The third-order valence-corrected chi connectivity index (χ3v) is 2.06. The van der Waals surface area contributed by atoms with Gasteiger partial charge >= 0.3 is 6.18 Å². The van der Waals surface area contributed by atoms with E-state index in [1.165, 1.54) is 7.11 Å². The Morgan fingerprint density at radius 2 is 1.71 bits per heavy atom. The average molecular weight is 252 g/mol. The lowest BCUT2D eigenvalue weighted by molar-refractivity contribution is -0.140. The third-order valence-electron chi connectivity index (χ3n) is 2.06. The second kappa shape index (κ2) is 6.47. The van der Waals surface area contributed by atoms with Crippen molar-refractivity contribution in [3.8, 4) is 5.75 Å². The molecule has 1 rings (SSSR count). The molecule has 1 aromatic rings. The van der Waals surface area contributed by atoms with Crippen LogP contribution >= 0.6 is 0 Å². The number of ether oxygens (including phenoxy) is 1. The van der Waals surface area contributed by atoms with Crippen molar-refractivity contribution in [2.24, 2.45) is 0 Å². The quantitative estimate of drug-likeness (QED) is 0.707. The normalized spacial score (nSPS) is 10.6. The minimum absolute atomic E-state index is 0.142. The van der Waals surface area contributed by atoms with Crippen LogP contribution in [0.2, 0.25) is 0 Å². The topological polar surface area (TPSA) is 9.23 Å². The summed E-state index contributed by atoms with van der Waals surface area (Å²) in [6.07, 6.45) is -4.31. The van der Waals surface area contributed by atoms with Gasteiger partial charge < -0.3 is 4.74 Å². The molecular weight excluding hydrogens is 236 g/mol. The molecule has 0 bridgehead atoms. The number of aryl methyl sites for hydroxylation is 1. The molecule has 0 N–H and O–H groups in total. The lowest BCUT2D eigenvalue weighted by atomic mass is 10.1. The number of halogens is 4. The summed E-state index contributed by atoms with van der Waals surface area (Å²) >= 11 is 0. The molecule has 0 aliphatic heterocycles. The predicted octanol–water partition coefficient (Wildman–Crippen LogP) is 4.44. The molecular formula is C12H16F4O. The third kappa shape index (κ3) is 3.91. The monoisotopic (exact) mass is 252 g/mol. The number of benzene rings is 1. The Hall–Kier alpha value is -1.26. The van der Waals surface area contributed by atoms with Crippen LogP contribution < -0.4 is 4.74 Å². The van der Waals surface area contributed by atoms with E-state index in [1.54, 1.807) is 6.92 Å². The van der Waals surface area contributed by atoms with Crippen LogP contribution in [-0.2, 0) is 12.6 Å². The van der Waals surface area contributed by atoms with Gasteiger partial charge in [-0.25, -0.2) is 4.39 Å². The first kappa shape index (κ1) is 15.7. The Bertz CT molecular complexity index is 358. The lowest BCUT2D eigenvalue weighted by Crippen LogP contribution is -2.09. The SMILES string of the molecule is CC.CCc1cc(C(F)(F)F)c(F)cc1OC. The largest absolute Gasteiger partial charge is 0.496 e. The molecule has 1 nitrogen and oxygen atoms in total. The number of alkyl halides is 3. The molecule has 0 spiro atoms. The molecule has 0 unspecified atom stereocenters. The first-order valence-electron chi connectivity index (χ1n) is 5.33. The number of methoxy groups -OCH3 is 1. The van der Waals surface area contributed by atoms with Crippen LogP contribution in [0.3, 0.4) is 0 Å². The van der Waals surface area contributed by atoms with Crippen molar-refractivity contribution in [2.45, 2.75) is 33.4 Å². The molecule has 0 amide bonds. The van der Waals surface area contributed by atoms with Gasteiger partial charge in [-0.05, 0) is 18.1 Å². The highest BCUT2D eigenvalue weighted by atomic mass is 19.4. The zero-order chi connectivity index (χ0) is 13.6. The Labute approximate surface area is 98.4 Å². The molecule has 0 fully saturated rings. The van der Waals surface area contributed by atoms with Gasteiger partial charge in [-0.1, -0.05) is 20.8 Å². The fraction of sp³-hybridized carbons (Fsp3) is 0.500. The molecule has 17 heavy (non-hydrogen) atoms. The first-order valence-corrected chi connectivity index (χ1v) is 5.33. The smallest absolute Gasteiger partial charge is 0.419 e. The van der Waals surface area contributed by atoms with Crippen LogP contribution in [0.15, 0.2) is 12.1 Å². The molecule has 0 radical (unpaired) electrons. The number of rotatable bonds is 2. The highest BCUT2D eigenvalue weighted by molar-refractivity contribution is 5.39. The summed E-state index contributed by atoms with van der Waals surface area (Å²) in [5.41, 5.74) is -0.911. The second-order valence-corrected chi connectivity index (χ2v) is 3.00. The van der Waals surface area contributed by atoms with Crippen LogP contribution in [0, 0.1) is 5.82 Å². The van der Waals surface area contributed by atoms with Gasteiger partial charge in [0.2, 0.25) is 0 Å². The van der Waals surface area contributed by atoms with Gasteiger partial charge in [0.05, 0.1) is 12.7 Å². The van der Waals surface area contributed by atoms with Crippen molar-refractivity contribution in [2.75, 3.05) is 7.11 Å². The summed E-state index contributed by atoms with van der Waals surface area (Å²) < 4.78 is 54.8. The van der Waals surface area contributed by atoms with E-state index in [0.29, 0.717) is 12.0 Å². The lowest BCUT2D eigenvalue weighted by Gasteiger charge is -2.12. The molecule has 0 saturated heterocycles. The van der Waals surface area contributed by atoms with E-state index in [1.807, 2.05) is 13.8 Å². The van der Waals surface area contributed by atoms with Crippen LogP contribution in [0.4, 0.5) is 17.6 Å². The molecule has 0 atom stereocenters. The standard InChI is InChI=1S/C10H10F4O.C2H6/c1-3-6-4-7(10(12,13)14)8(11)5-9(6)15-2;1-2/h4-5H,3H2,1-2H3;1-2H3. The zero-order valence-electron chi connectivity index (χ0n) is 10.3. The van der Waals surface area contributed by atoms with Gasteiger partial charge in [0.15, 0.2) is 0 Å². The zero-order valence-corrected chi connectivity index (χ0v) is 10.3. The number of hydrogen-bond acceptors (Lipinski definition) is 1. The first-order chi connectivity index (χ1) is 7.90. The minimum atomic E-state index is -4.67. The molecule has 0 aromatic heterocycles. The summed E-state index contributed by atoms with van der Waals surface area (Å²) in [6, 6.07) is 1.55. The van der Waals surface area contributed by atoms with Crippen molar-refractivity contribution in [3.63, 3.8) is 0 Å². The molecule has 0 aliphatic rings. The van der Waals surface area contributed by atoms with Gasteiger partial charge in [0.25, 0.3) is 0 Å². The van der Waals surface area contributed by atoms with Crippen LogP contribution in [0.5, 0.6) is 5.75 Å². The van der Waals surface area contributed by atoms with E-state index in [9.17, 15) is 17.6 Å². The highest BCUT2D eigenvalue weighted by Gasteiger charge is 2.34. The van der Waals surface area contributed by atoms with E-state index >= 15 is 0 Å². The maximum atomic E-state index is 13.0. The summed E-state index contributed by atoms with van der Waals surface area (Å²) in [7, 11) is 1.29. The van der Waals surface area contributed by atoms with E-state index < -0.39 is 17.6 Å². The fourth-order valence-electron chi connectivity index (χ4n) is 1.28. The maximum Gasteiger partial charge on any atom is 0.419 e. The fourth-order valence-corrected chi connectivity index (χ4v) is 1.28. The van der Waals surface area contributed by atoms with Crippen LogP contribution in [0.25, 0.3) is 0 Å². The minimum Gasteiger partial charge on any atom is -0.496 e. The van der Waals surface area contributed by atoms with E-state index in [0.717, 1.165) is 12.1 Å². The van der Waals surface area contributed by atoms with E-state index in [-0.39, 0.29) is 5.75 Å². The molecule has 0 heterocycles. The Balaban J connectivity index is 0.00000121. The van der Waals surface area contributed by atoms with Gasteiger partial charge in [-0.3, -0.25) is 0 Å². The average Bonchev–Trinajstić information content (AvgIpc) is 2.29. The van der Waals surface area contributed by atoms with Crippen molar-refractivity contribution < 1.29 is 22.3 Å². The Kier molecular flexibility index (Phi) is 5.99. The second-order valence-electron chi connectivity index (χ2n) is 3.00. The van der Waals surface area contributed by atoms with Crippen molar-refractivity contribution >= 4 is 0 Å². The van der Waals surface area contributed by atoms with E-state index in [4.69, 9.17) is 4.74 Å². The van der Waals surface area contributed by atoms with Crippen molar-refractivity contribution in [3.05, 3.63) is 29.1 Å². The molecule has 1 aromatic carbocycles. The van der Waals surface area contributed by atoms with Gasteiger partial charge in [-0.2, -0.15) is 13.2 Å². The van der Waals surface area contributed by atoms with Gasteiger partial charge in [-0.15, -0.1) is 0 Å². The van der Waals surface area contributed by atoms with Gasteiger partial charge in [0.1, 0.15) is 11.6 Å². The summed E-state index contributed by atoms with van der Waals surface area (Å²) in [5, 5.41) is 0. The number of hydrogen-bond donors (Lipinski definition) is 0. The maximum absolute atomic E-state index is 13.0. The summed E-state index contributed by atoms with van der Waals surface area (Å²) in [4.78, 5) is 0.